The zero-order valence-electron chi connectivity index (χ0n) is 19.0. The summed E-state index contributed by atoms with van der Waals surface area (Å²) in [5.41, 5.74) is 1.35. The van der Waals surface area contributed by atoms with Crippen LogP contribution in [0.25, 0.3) is 0 Å². The summed E-state index contributed by atoms with van der Waals surface area (Å²) in [6.45, 7) is 4.31. The Hall–Kier alpha value is -2.43. The van der Waals surface area contributed by atoms with Gasteiger partial charge in [0.1, 0.15) is 10.6 Å². The van der Waals surface area contributed by atoms with E-state index >= 15 is 0 Å². The van der Waals surface area contributed by atoms with Crippen molar-refractivity contribution in [2.75, 3.05) is 59.9 Å². The molecule has 3 rings (SSSR count). The molecule has 180 valence electrons. The maximum atomic E-state index is 13.5. The average Bonchev–Trinajstić information content (AvgIpc) is 2.82. The van der Waals surface area contributed by atoms with Gasteiger partial charge in [0.25, 0.3) is 10.0 Å². The largest absolute Gasteiger partial charge is 0.495 e. The number of carbonyl (C=O) groups is 1. The zero-order chi connectivity index (χ0) is 23.7. The van der Waals surface area contributed by atoms with Crippen LogP contribution in [0.15, 0.2) is 47.4 Å². The summed E-state index contributed by atoms with van der Waals surface area (Å²) in [5, 5.41) is 2.83. The summed E-state index contributed by atoms with van der Waals surface area (Å²) in [7, 11) is -2.49. The van der Waals surface area contributed by atoms with Crippen LogP contribution in [0.3, 0.4) is 0 Å². The Bertz CT molecular complexity index is 1040. The number of nitrogens with zero attached hydrogens (tertiary/aromatic N) is 1. The van der Waals surface area contributed by atoms with Crippen molar-refractivity contribution in [1.82, 2.24) is 0 Å². The highest BCUT2D eigenvalue weighted by Gasteiger charge is 2.25. The number of thioether (sulfide) groups is 1. The van der Waals surface area contributed by atoms with Crippen molar-refractivity contribution in [2.24, 2.45) is 0 Å². The Morgan fingerprint density at radius 1 is 1.18 bits per heavy atom. The summed E-state index contributed by atoms with van der Waals surface area (Å²) in [5.74, 6) is 1.51. The fourth-order valence-electron chi connectivity index (χ4n) is 3.41. The molecule has 33 heavy (non-hydrogen) atoms. The molecule has 1 amide bonds. The molecule has 0 radical (unpaired) electrons. The van der Waals surface area contributed by atoms with E-state index in [4.69, 9.17) is 9.47 Å². The minimum absolute atomic E-state index is 0.0896. The maximum Gasteiger partial charge on any atom is 0.264 e. The Kier molecular flexibility index (Phi) is 9.28. The lowest BCUT2D eigenvalue weighted by molar-refractivity contribution is -0.113. The fraction of sp³-hybridized carbons (Fsp3) is 0.435. The van der Waals surface area contributed by atoms with Crippen molar-refractivity contribution in [3.8, 4) is 5.75 Å². The fourth-order valence-corrected chi connectivity index (χ4v) is 5.63. The standard InChI is InChI=1S/C23H31N3O5S2/c1-3-4-15-32-17-23(27)24-18-9-10-20(26-11-13-31-14-12-26)22(16-18)33(28,29)25-19-7-5-6-8-21(19)30-2/h5-10,16,25H,3-4,11-15,17H2,1-2H3,(H,24,27). The molecule has 1 aliphatic heterocycles. The van der Waals surface area contributed by atoms with Crippen LogP contribution in [0.1, 0.15) is 19.8 Å². The number of para-hydroxylation sites is 2. The van der Waals surface area contributed by atoms with Crippen LogP contribution >= 0.6 is 11.8 Å². The third-order valence-electron chi connectivity index (χ3n) is 5.11. The van der Waals surface area contributed by atoms with Crippen LogP contribution in [-0.2, 0) is 19.6 Å². The molecule has 2 N–H and O–H groups in total. The van der Waals surface area contributed by atoms with Gasteiger partial charge in [0.15, 0.2) is 0 Å². The minimum Gasteiger partial charge on any atom is -0.495 e. The molecule has 1 fully saturated rings. The molecule has 2 aromatic rings. The quantitative estimate of drug-likeness (QED) is 0.460. The van der Waals surface area contributed by atoms with E-state index < -0.39 is 10.0 Å². The molecule has 2 aromatic carbocycles. The van der Waals surface area contributed by atoms with Crippen LogP contribution in [0.4, 0.5) is 17.1 Å². The summed E-state index contributed by atoms with van der Waals surface area (Å²) in [6.07, 6.45) is 2.14. The molecular formula is C23H31N3O5S2. The number of benzene rings is 2. The molecule has 1 heterocycles. The number of carbonyl (C=O) groups excluding carboxylic acids is 1. The number of hydrogen-bond acceptors (Lipinski definition) is 7. The molecule has 1 aliphatic rings. The van der Waals surface area contributed by atoms with E-state index in [0.29, 0.717) is 54.9 Å². The molecule has 1 saturated heterocycles. The first-order valence-electron chi connectivity index (χ1n) is 10.9. The van der Waals surface area contributed by atoms with Gasteiger partial charge in [-0.25, -0.2) is 8.42 Å². The monoisotopic (exact) mass is 493 g/mol. The number of nitrogens with one attached hydrogen (secondary N) is 2. The number of amides is 1. The predicted octanol–water partition coefficient (Wildman–Crippen LogP) is 3.80. The SMILES string of the molecule is CCCCSCC(=O)Nc1ccc(N2CCOCC2)c(S(=O)(=O)Nc2ccccc2OC)c1. The first-order valence-corrected chi connectivity index (χ1v) is 13.6. The van der Waals surface area contributed by atoms with Crippen molar-refractivity contribution in [2.45, 2.75) is 24.7 Å². The first kappa shape index (κ1) is 25.2. The van der Waals surface area contributed by atoms with Crippen molar-refractivity contribution >= 4 is 44.8 Å². The second-order valence-electron chi connectivity index (χ2n) is 7.54. The summed E-state index contributed by atoms with van der Waals surface area (Å²) in [4.78, 5) is 14.4. The third kappa shape index (κ3) is 7.02. The lowest BCUT2D eigenvalue weighted by Gasteiger charge is -2.30. The lowest BCUT2D eigenvalue weighted by Crippen LogP contribution is -2.37. The highest BCUT2D eigenvalue weighted by molar-refractivity contribution is 7.99. The van der Waals surface area contributed by atoms with Gasteiger partial charge < -0.3 is 19.7 Å². The topological polar surface area (TPSA) is 97.0 Å². The van der Waals surface area contributed by atoms with Gasteiger partial charge in [-0.05, 0) is 42.5 Å². The highest BCUT2D eigenvalue weighted by atomic mass is 32.2. The van der Waals surface area contributed by atoms with E-state index in [9.17, 15) is 13.2 Å². The van der Waals surface area contributed by atoms with Crippen LogP contribution in [0, 0.1) is 0 Å². The number of unbranched alkanes of at least 4 members (excludes halogenated alkanes) is 1. The maximum absolute atomic E-state index is 13.5. The highest BCUT2D eigenvalue weighted by Crippen LogP contribution is 2.33. The van der Waals surface area contributed by atoms with E-state index in [1.165, 1.54) is 13.2 Å². The van der Waals surface area contributed by atoms with Crippen LogP contribution < -0.4 is 19.7 Å². The molecule has 0 saturated carbocycles. The summed E-state index contributed by atoms with van der Waals surface area (Å²) < 4.78 is 40.3. The lowest BCUT2D eigenvalue weighted by atomic mass is 10.2. The van der Waals surface area contributed by atoms with E-state index in [0.717, 1.165) is 18.6 Å². The van der Waals surface area contributed by atoms with E-state index in [2.05, 4.69) is 17.0 Å². The minimum atomic E-state index is -3.98. The second kappa shape index (κ2) is 12.2. The molecule has 10 heteroatoms. The molecule has 0 bridgehead atoms. The Morgan fingerprint density at radius 2 is 1.94 bits per heavy atom. The molecule has 0 spiro atoms. The van der Waals surface area contributed by atoms with Crippen LogP contribution in [0.2, 0.25) is 0 Å². The molecular weight excluding hydrogens is 462 g/mol. The molecule has 0 unspecified atom stereocenters. The number of anilines is 3. The Morgan fingerprint density at radius 3 is 2.67 bits per heavy atom. The second-order valence-corrected chi connectivity index (χ2v) is 10.3. The summed E-state index contributed by atoms with van der Waals surface area (Å²) in [6, 6.07) is 11.8. The average molecular weight is 494 g/mol. The third-order valence-corrected chi connectivity index (χ3v) is 7.55. The van der Waals surface area contributed by atoms with Gasteiger partial charge in [-0.2, -0.15) is 11.8 Å². The number of rotatable bonds is 11. The van der Waals surface area contributed by atoms with Gasteiger partial charge in [-0.3, -0.25) is 9.52 Å². The predicted molar refractivity (Wildman–Crippen MR) is 134 cm³/mol. The van der Waals surface area contributed by atoms with Gasteiger partial charge in [-0.1, -0.05) is 25.5 Å². The zero-order valence-corrected chi connectivity index (χ0v) is 20.6. The number of morpholine rings is 1. The van der Waals surface area contributed by atoms with Gasteiger partial charge in [0, 0.05) is 18.8 Å². The Labute approximate surface area is 200 Å². The van der Waals surface area contributed by atoms with E-state index in [-0.39, 0.29) is 10.8 Å². The number of hydrogen-bond donors (Lipinski definition) is 2. The van der Waals surface area contributed by atoms with Crippen molar-refractivity contribution < 1.29 is 22.7 Å². The van der Waals surface area contributed by atoms with Gasteiger partial charge in [0.2, 0.25) is 5.91 Å². The Balaban J connectivity index is 1.88. The van der Waals surface area contributed by atoms with Crippen LogP contribution in [-0.4, -0.2) is 59.2 Å². The van der Waals surface area contributed by atoms with Crippen molar-refractivity contribution in [3.63, 3.8) is 0 Å². The van der Waals surface area contributed by atoms with E-state index in [1.807, 2.05) is 4.90 Å². The van der Waals surface area contributed by atoms with Gasteiger partial charge in [-0.15, -0.1) is 0 Å². The molecule has 0 aliphatic carbocycles. The van der Waals surface area contributed by atoms with Crippen molar-refractivity contribution in [1.29, 1.82) is 0 Å². The first-order chi connectivity index (χ1) is 15.9. The van der Waals surface area contributed by atoms with Gasteiger partial charge >= 0.3 is 0 Å². The molecule has 8 nitrogen and oxygen atoms in total. The van der Waals surface area contributed by atoms with E-state index in [1.54, 1.807) is 48.2 Å². The molecule has 0 aromatic heterocycles. The number of sulfonamides is 1. The normalized spacial score (nSPS) is 14.1. The number of methoxy groups -OCH3 is 1. The summed E-state index contributed by atoms with van der Waals surface area (Å²) >= 11 is 1.57. The van der Waals surface area contributed by atoms with Crippen LogP contribution in [0.5, 0.6) is 5.75 Å². The van der Waals surface area contributed by atoms with Gasteiger partial charge in [0.05, 0.1) is 37.5 Å². The van der Waals surface area contributed by atoms with Crippen molar-refractivity contribution in [3.05, 3.63) is 42.5 Å². The number of ether oxygens (including phenoxy) is 2. The molecule has 0 atom stereocenters. The smallest absolute Gasteiger partial charge is 0.264 e.